The molecule has 1 saturated carbocycles. The number of hydrogen-bond donors (Lipinski definition) is 2. The number of benzene rings is 2. The number of ether oxygens (including phenoxy) is 1. The minimum Gasteiger partial charge on any atom is -0.496 e. The molecule has 10 rings (SSSR count). The number of carbonyl (C=O) groups is 1. The maximum absolute atomic E-state index is 14.4. The Morgan fingerprint density at radius 3 is 2.78 bits per heavy atom. The van der Waals surface area contributed by atoms with Crippen LogP contribution in [0.2, 0.25) is 0 Å². The first kappa shape index (κ1) is 29.5. The summed E-state index contributed by atoms with van der Waals surface area (Å²) in [5, 5.41) is 11.4. The molecule has 4 aromatic heterocycles. The van der Waals surface area contributed by atoms with Gasteiger partial charge in [-0.05, 0) is 96.9 Å². The van der Waals surface area contributed by atoms with Gasteiger partial charge in [0.2, 0.25) is 0 Å². The van der Waals surface area contributed by atoms with Crippen LogP contribution in [0.4, 0.5) is 10.2 Å². The molecule has 1 amide bonds. The molecule has 2 fully saturated rings. The fourth-order valence-electron chi connectivity index (χ4n) is 8.69. The number of aromatic nitrogens is 4. The van der Waals surface area contributed by atoms with Gasteiger partial charge in [-0.2, -0.15) is 0 Å². The van der Waals surface area contributed by atoms with E-state index in [2.05, 4.69) is 27.6 Å². The third kappa shape index (κ3) is 4.27. The highest BCUT2D eigenvalue weighted by Crippen LogP contribution is 2.67. The summed E-state index contributed by atoms with van der Waals surface area (Å²) in [6, 6.07) is 16.7. The molecular weight excluding hydrogens is 656 g/mol. The van der Waals surface area contributed by atoms with Gasteiger partial charge in [0, 0.05) is 23.2 Å². The third-order valence-corrected chi connectivity index (χ3v) is 12.2. The maximum Gasteiger partial charge on any atom is 0.434 e. The second-order valence-electron chi connectivity index (χ2n) is 13.6. The Balaban J connectivity index is 1.15. The number of amides is 1. The molecule has 0 radical (unpaired) electrons. The van der Waals surface area contributed by atoms with E-state index in [4.69, 9.17) is 19.1 Å². The Bertz CT molecular complexity index is 2440. The number of hydrogen-bond acceptors (Lipinski definition) is 9. The predicted molar refractivity (Wildman–Crippen MR) is 186 cm³/mol. The van der Waals surface area contributed by atoms with Crippen LogP contribution in [0.3, 0.4) is 0 Å². The van der Waals surface area contributed by atoms with Gasteiger partial charge in [-0.25, -0.2) is 19.3 Å². The number of aromatic amines is 1. The lowest BCUT2D eigenvalue weighted by atomic mass is 9.92. The molecule has 1 saturated heterocycles. The summed E-state index contributed by atoms with van der Waals surface area (Å²) in [6.45, 7) is 0.690. The third-order valence-electron chi connectivity index (χ3n) is 11.1. The van der Waals surface area contributed by atoms with Crippen LogP contribution in [0.5, 0.6) is 5.75 Å². The van der Waals surface area contributed by atoms with E-state index in [1.807, 2.05) is 23.1 Å². The van der Waals surface area contributed by atoms with E-state index in [1.54, 1.807) is 36.8 Å². The molecular formula is C38H31FN6O4S. The second kappa shape index (κ2) is 10.8. The van der Waals surface area contributed by atoms with Gasteiger partial charge >= 0.3 is 5.76 Å². The quantitative estimate of drug-likeness (QED) is 0.179. The van der Waals surface area contributed by atoms with Crippen molar-refractivity contribution < 1.29 is 18.3 Å². The van der Waals surface area contributed by atoms with Gasteiger partial charge < -0.3 is 19.4 Å². The first-order valence-corrected chi connectivity index (χ1v) is 17.8. The summed E-state index contributed by atoms with van der Waals surface area (Å²) in [5.41, 5.74) is 6.24. The summed E-state index contributed by atoms with van der Waals surface area (Å²) in [7, 11) is 1.70. The van der Waals surface area contributed by atoms with Crippen LogP contribution >= 0.6 is 11.3 Å². The number of methoxy groups -OCH3 is 1. The largest absolute Gasteiger partial charge is 0.496 e. The average molecular weight is 687 g/mol. The van der Waals surface area contributed by atoms with Crippen molar-refractivity contribution in [1.29, 1.82) is 0 Å². The summed E-state index contributed by atoms with van der Waals surface area (Å²) in [6.07, 6.45) is 6.52. The van der Waals surface area contributed by atoms with E-state index in [-0.39, 0.29) is 23.7 Å². The van der Waals surface area contributed by atoms with Crippen molar-refractivity contribution in [2.45, 2.75) is 50.1 Å². The molecule has 6 aromatic rings. The molecule has 250 valence electrons. The van der Waals surface area contributed by atoms with Crippen molar-refractivity contribution >= 4 is 33.1 Å². The van der Waals surface area contributed by atoms with Crippen LogP contribution < -0.4 is 15.8 Å². The highest BCUT2D eigenvalue weighted by Gasteiger charge is 2.70. The smallest absolute Gasteiger partial charge is 0.434 e. The lowest BCUT2D eigenvalue weighted by Gasteiger charge is -2.19. The van der Waals surface area contributed by atoms with Crippen molar-refractivity contribution in [3.63, 3.8) is 0 Å². The topological polar surface area (TPSA) is 126 Å². The normalized spacial score (nSPS) is 21.3. The first-order valence-electron chi connectivity index (χ1n) is 16.9. The van der Waals surface area contributed by atoms with Crippen LogP contribution in [0.25, 0.3) is 32.0 Å². The Hall–Kier alpha value is -5.36. The second-order valence-corrected chi connectivity index (χ2v) is 14.7. The predicted octanol–water partition coefficient (Wildman–Crippen LogP) is 6.81. The molecule has 50 heavy (non-hydrogen) atoms. The van der Waals surface area contributed by atoms with Gasteiger partial charge in [-0.3, -0.25) is 9.78 Å². The minimum atomic E-state index is -0.691. The van der Waals surface area contributed by atoms with Gasteiger partial charge in [0.25, 0.3) is 11.8 Å². The zero-order valence-electron chi connectivity index (χ0n) is 27.1. The number of nitrogens with zero attached hydrogens (tertiary/aromatic N) is 4. The molecule has 6 heterocycles. The number of fused-ring (bicyclic) bond motifs is 3. The van der Waals surface area contributed by atoms with Crippen molar-refractivity contribution in [2.24, 2.45) is 5.92 Å². The number of carbonyl (C=O) groups excluding carboxylic acids is 1. The monoisotopic (exact) mass is 686 g/mol. The number of pyridine rings is 2. The first-order chi connectivity index (χ1) is 24.4. The van der Waals surface area contributed by atoms with Crippen LogP contribution in [0.15, 0.2) is 70.0 Å². The Labute approximate surface area is 289 Å². The minimum absolute atomic E-state index is 0.0443. The number of aryl methyl sites for hydroxylation is 2. The van der Waals surface area contributed by atoms with Gasteiger partial charge in [0.05, 0.1) is 45.9 Å². The van der Waals surface area contributed by atoms with Gasteiger partial charge in [-0.15, -0.1) is 16.4 Å². The SMILES string of the molecule is COc1cccc2c1CC[C@H]2Nc1nccc2cc(-c3c4c(nc(CCc5ccc(F)cc5)c3-c3n[nH]c(=O)o3)[C@]35C[C@H]3CCN5C4=O)sc12. The fraction of sp³-hybridized carbons (Fsp3) is 0.289. The number of nitrogens with one attached hydrogen (secondary N) is 2. The highest BCUT2D eigenvalue weighted by molar-refractivity contribution is 7.23. The van der Waals surface area contributed by atoms with Crippen LogP contribution in [-0.4, -0.2) is 44.6 Å². The van der Waals surface area contributed by atoms with Crippen molar-refractivity contribution in [1.82, 2.24) is 25.1 Å². The molecule has 2 aliphatic carbocycles. The molecule has 0 unspecified atom stereocenters. The van der Waals surface area contributed by atoms with Crippen molar-refractivity contribution in [2.75, 3.05) is 19.0 Å². The van der Waals surface area contributed by atoms with E-state index in [9.17, 15) is 14.0 Å². The molecule has 1 spiro atoms. The Morgan fingerprint density at radius 1 is 1.10 bits per heavy atom. The average Bonchev–Trinajstić information content (AvgIpc) is 3.68. The lowest BCUT2D eigenvalue weighted by molar-refractivity contribution is 0.0738. The number of rotatable bonds is 8. The van der Waals surface area contributed by atoms with Crippen LogP contribution in [-0.2, 0) is 24.8 Å². The lowest BCUT2D eigenvalue weighted by Crippen LogP contribution is -2.30. The molecule has 2 N–H and O–H groups in total. The summed E-state index contributed by atoms with van der Waals surface area (Å²) < 4.78 is 26.0. The maximum atomic E-state index is 14.4. The van der Waals surface area contributed by atoms with E-state index >= 15 is 0 Å². The zero-order valence-corrected chi connectivity index (χ0v) is 27.9. The molecule has 10 nitrogen and oxygen atoms in total. The van der Waals surface area contributed by atoms with E-state index < -0.39 is 11.3 Å². The summed E-state index contributed by atoms with van der Waals surface area (Å²) >= 11 is 1.55. The van der Waals surface area contributed by atoms with Gasteiger partial charge in [0.1, 0.15) is 17.4 Å². The molecule has 2 aromatic carbocycles. The van der Waals surface area contributed by atoms with E-state index in [1.165, 1.54) is 23.3 Å². The number of H-pyrrole nitrogens is 1. The summed E-state index contributed by atoms with van der Waals surface area (Å²) in [4.78, 5) is 39.7. The van der Waals surface area contributed by atoms with E-state index in [0.717, 1.165) is 63.5 Å². The highest BCUT2D eigenvalue weighted by atomic mass is 32.1. The molecule has 0 bridgehead atoms. The Morgan fingerprint density at radius 2 is 1.98 bits per heavy atom. The Kier molecular flexibility index (Phi) is 6.39. The molecule has 2 aliphatic heterocycles. The number of anilines is 1. The molecule has 3 atom stereocenters. The van der Waals surface area contributed by atoms with E-state index in [0.29, 0.717) is 47.7 Å². The number of halogens is 1. The zero-order chi connectivity index (χ0) is 33.7. The standard InChI is InChI=1S/C38H31FN6O4S/c1-48-27-4-2-3-23-24(27)10-12-25(23)42-34-32-20(13-15-40-34)17-28(50-32)30-29(35-43-44-37(47)49-35)26(11-7-19-5-8-22(39)9-6-19)41-33-31(30)36(46)45-16-14-21-18-38(21,33)45/h2-6,8-9,13,15,17,21,25H,7,10-12,14,16,18H2,1H3,(H,40,42)(H,44,47)/t21-,25-,38+/m1/s1. The van der Waals surface area contributed by atoms with Crippen molar-refractivity contribution in [3.8, 4) is 27.6 Å². The number of piperidine rings is 1. The molecule has 4 aliphatic rings. The number of thiophene rings is 1. The van der Waals surface area contributed by atoms with Crippen LogP contribution in [0.1, 0.15) is 63.7 Å². The van der Waals surface area contributed by atoms with Crippen LogP contribution in [0, 0.1) is 11.7 Å². The van der Waals surface area contributed by atoms with Crippen molar-refractivity contribution in [3.05, 3.63) is 111 Å². The van der Waals surface area contributed by atoms with Gasteiger partial charge in [0.15, 0.2) is 0 Å². The van der Waals surface area contributed by atoms with Gasteiger partial charge in [-0.1, -0.05) is 24.3 Å². The fourth-order valence-corrected chi connectivity index (χ4v) is 9.86. The molecule has 12 heteroatoms. The summed E-state index contributed by atoms with van der Waals surface area (Å²) in [5.74, 6) is 1.10.